The number of nitrogens with one attached hydrogen (secondary N) is 2. The number of anilines is 3. The number of hydrogen-bond donors (Lipinski definition) is 2. The van der Waals surface area contributed by atoms with Crippen molar-refractivity contribution in [1.29, 1.82) is 0 Å². The molecular weight excluding hydrogens is 450 g/mol. The van der Waals surface area contributed by atoms with Crippen LogP contribution in [0.4, 0.5) is 17.6 Å². The first-order valence-electron chi connectivity index (χ1n) is 13.3. The Morgan fingerprint density at radius 1 is 0.972 bits per heavy atom. The van der Waals surface area contributed by atoms with Crippen molar-refractivity contribution < 1.29 is 4.79 Å². The molecule has 6 rings (SSSR count). The van der Waals surface area contributed by atoms with Gasteiger partial charge in [0.1, 0.15) is 5.82 Å². The van der Waals surface area contributed by atoms with Gasteiger partial charge in [-0.2, -0.15) is 10.1 Å². The third-order valence-corrected chi connectivity index (χ3v) is 8.24. The van der Waals surface area contributed by atoms with Gasteiger partial charge in [0.15, 0.2) is 5.82 Å². The van der Waals surface area contributed by atoms with Gasteiger partial charge in [0.2, 0.25) is 11.9 Å². The number of amides is 1. The average Bonchev–Trinajstić information content (AvgIpc) is 3.47. The summed E-state index contributed by atoms with van der Waals surface area (Å²) in [6.45, 7) is 0. The summed E-state index contributed by atoms with van der Waals surface area (Å²) in [6, 6.07) is 13.1. The molecule has 3 aliphatic carbocycles. The zero-order chi connectivity index (χ0) is 24.6. The Labute approximate surface area is 212 Å². The van der Waals surface area contributed by atoms with Crippen LogP contribution in [0.3, 0.4) is 0 Å². The fourth-order valence-electron chi connectivity index (χ4n) is 5.75. The summed E-state index contributed by atoms with van der Waals surface area (Å²) in [5.74, 6) is 3.37. The van der Waals surface area contributed by atoms with Crippen LogP contribution in [0.2, 0.25) is 0 Å². The summed E-state index contributed by atoms with van der Waals surface area (Å²) >= 11 is 0. The zero-order valence-electron chi connectivity index (χ0n) is 21.2. The van der Waals surface area contributed by atoms with Gasteiger partial charge in [0, 0.05) is 56.0 Å². The van der Waals surface area contributed by atoms with Crippen molar-refractivity contribution in [2.45, 2.75) is 69.4 Å². The Bertz CT molecular complexity index is 1200. The van der Waals surface area contributed by atoms with Crippen molar-refractivity contribution in [3.05, 3.63) is 59.4 Å². The SMILES string of the molecule is CN(c1cc(C2CC2)[nH]n1)c1ccnc(N(C)[C@H]2CC[C@H](NC(=O)C3Cc4ccccc4C3)CC2)n1. The second-order valence-corrected chi connectivity index (χ2v) is 10.7. The van der Waals surface area contributed by atoms with E-state index < -0.39 is 0 Å². The lowest BCUT2D eigenvalue weighted by Gasteiger charge is -2.35. The third-order valence-electron chi connectivity index (χ3n) is 8.24. The molecule has 0 radical (unpaired) electrons. The van der Waals surface area contributed by atoms with Crippen molar-refractivity contribution in [3.8, 4) is 0 Å². The van der Waals surface area contributed by atoms with E-state index in [1.165, 1.54) is 29.7 Å². The molecule has 1 amide bonds. The lowest BCUT2D eigenvalue weighted by molar-refractivity contribution is -0.125. The van der Waals surface area contributed by atoms with Gasteiger partial charge in [-0.25, -0.2) is 4.98 Å². The molecule has 2 saturated carbocycles. The minimum atomic E-state index is 0.0748. The Kier molecular flexibility index (Phi) is 6.11. The molecule has 3 aromatic rings. The smallest absolute Gasteiger partial charge is 0.227 e. The van der Waals surface area contributed by atoms with E-state index in [1.54, 1.807) is 0 Å². The average molecular weight is 486 g/mol. The molecule has 0 atom stereocenters. The highest BCUT2D eigenvalue weighted by molar-refractivity contribution is 5.80. The minimum Gasteiger partial charge on any atom is -0.353 e. The van der Waals surface area contributed by atoms with Crippen molar-refractivity contribution in [2.75, 3.05) is 23.9 Å². The predicted octanol–water partition coefficient (Wildman–Crippen LogP) is 4.12. The number of aromatic nitrogens is 4. The van der Waals surface area contributed by atoms with Gasteiger partial charge >= 0.3 is 0 Å². The van der Waals surface area contributed by atoms with Gasteiger partial charge in [-0.15, -0.1) is 0 Å². The van der Waals surface area contributed by atoms with Crippen LogP contribution in [0, 0.1) is 5.92 Å². The van der Waals surface area contributed by atoms with Gasteiger partial charge < -0.3 is 15.1 Å². The summed E-state index contributed by atoms with van der Waals surface area (Å²) < 4.78 is 0. The predicted molar refractivity (Wildman–Crippen MR) is 141 cm³/mol. The lowest BCUT2D eigenvalue weighted by atomic mass is 9.90. The van der Waals surface area contributed by atoms with Crippen LogP contribution in [0.5, 0.6) is 0 Å². The van der Waals surface area contributed by atoms with Gasteiger partial charge in [0.25, 0.3) is 0 Å². The van der Waals surface area contributed by atoms with E-state index in [-0.39, 0.29) is 17.9 Å². The fourth-order valence-corrected chi connectivity index (χ4v) is 5.75. The monoisotopic (exact) mass is 485 g/mol. The maximum atomic E-state index is 12.9. The quantitative estimate of drug-likeness (QED) is 0.523. The van der Waals surface area contributed by atoms with Crippen molar-refractivity contribution in [3.63, 3.8) is 0 Å². The molecule has 2 aromatic heterocycles. The molecule has 0 bridgehead atoms. The van der Waals surface area contributed by atoms with Crippen LogP contribution in [-0.2, 0) is 17.6 Å². The molecule has 2 fully saturated rings. The first-order valence-corrected chi connectivity index (χ1v) is 13.3. The Hall–Kier alpha value is -3.42. The molecule has 0 spiro atoms. The second-order valence-electron chi connectivity index (χ2n) is 10.7. The number of nitrogens with zero attached hydrogens (tertiary/aromatic N) is 5. The van der Waals surface area contributed by atoms with Crippen LogP contribution in [0.1, 0.15) is 61.3 Å². The Morgan fingerprint density at radius 3 is 2.39 bits per heavy atom. The molecule has 0 unspecified atom stereocenters. The molecule has 2 heterocycles. The van der Waals surface area contributed by atoms with Crippen LogP contribution < -0.4 is 15.1 Å². The molecule has 3 aliphatic rings. The summed E-state index contributed by atoms with van der Waals surface area (Å²) in [7, 11) is 4.08. The van der Waals surface area contributed by atoms with E-state index >= 15 is 0 Å². The molecule has 2 N–H and O–H groups in total. The van der Waals surface area contributed by atoms with Crippen LogP contribution >= 0.6 is 0 Å². The van der Waals surface area contributed by atoms with E-state index in [1.807, 2.05) is 24.2 Å². The summed E-state index contributed by atoms with van der Waals surface area (Å²) in [5.41, 5.74) is 3.86. The van der Waals surface area contributed by atoms with Crippen molar-refractivity contribution >= 4 is 23.5 Å². The summed E-state index contributed by atoms with van der Waals surface area (Å²) in [5, 5.41) is 11.0. The molecule has 188 valence electrons. The number of benzene rings is 1. The number of aromatic amines is 1. The first-order chi connectivity index (χ1) is 17.5. The number of H-pyrrole nitrogens is 1. The van der Waals surface area contributed by atoms with Crippen LogP contribution in [-0.4, -0.2) is 52.3 Å². The highest BCUT2D eigenvalue weighted by Crippen LogP contribution is 2.40. The number of hydrogen-bond acceptors (Lipinski definition) is 6. The topological polar surface area (TPSA) is 90.0 Å². The number of rotatable bonds is 7. The fraction of sp³-hybridized carbons (Fsp3) is 0.500. The van der Waals surface area contributed by atoms with Gasteiger partial charge in [0.05, 0.1) is 0 Å². The number of fused-ring (bicyclic) bond motifs is 1. The van der Waals surface area contributed by atoms with E-state index in [9.17, 15) is 4.79 Å². The van der Waals surface area contributed by atoms with E-state index in [2.05, 4.69) is 62.8 Å². The van der Waals surface area contributed by atoms with Crippen molar-refractivity contribution in [2.24, 2.45) is 5.92 Å². The first kappa shape index (κ1) is 23.0. The maximum absolute atomic E-state index is 12.9. The Balaban J connectivity index is 1.03. The Morgan fingerprint density at radius 2 is 1.69 bits per heavy atom. The molecule has 36 heavy (non-hydrogen) atoms. The maximum Gasteiger partial charge on any atom is 0.227 e. The van der Waals surface area contributed by atoms with Crippen molar-refractivity contribution in [1.82, 2.24) is 25.5 Å². The second kappa shape index (κ2) is 9.56. The van der Waals surface area contributed by atoms with Gasteiger partial charge in [-0.3, -0.25) is 9.89 Å². The summed E-state index contributed by atoms with van der Waals surface area (Å²) in [4.78, 5) is 26.5. The third kappa shape index (κ3) is 4.68. The minimum absolute atomic E-state index is 0.0748. The largest absolute Gasteiger partial charge is 0.353 e. The molecular formula is C28H35N7O. The normalized spacial score (nSPS) is 21.7. The lowest BCUT2D eigenvalue weighted by Crippen LogP contribution is -2.45. The highest BCUT2D eigenvalue weighted by atomic mass is 16.1. The number of carbonyl (C=O) groups excluding carboxylic acids is 1. The summed E-state index contributed by atoms with van der Waals surface area (Å²) in [6.07, 6.45) is 10.0. The molecule has 0 saturated heterocycles. The standard InChI is InChI=1S/C28H35N7O/c1-34(28-29-14-13-25(31-28)35(2)26-17-24(32-33-26)18-7-8-18)23-11-9-22(10-12-23)30-27(36)21-15-19-5-3-4-6-20(19)16-21/h3-6,13-14,17-18,21-23H,7-12,15-16H2,1-2H3,(H,30,36)(H,32,33)/t22-,23-. The van der Waals surface area contributed by atoms with E-state index in [0.29, 0.717) is 12.0 Å². The molecule has 8 nitrogen and oxygen atoms in total. The number of carbonyl (C=O) groups is 1. The van der Waals surface area contributed by atoms with Crippen LogP contribution in [0.15, 0.2) is 42.6 Å². The molecule has 0 aliphatic heterocycles. The van der Waals surface area contributed by atoms with Gasteiger partial charge in [-0.05, 0) is 68.6 Å². The molecule has 8 heteroatoms. The molecule has 1 aromatic carbocycles. The van der Waals surface area contributed by atoms with Gasteiger partial charge in [-0.1, -0.05) is 24.3 Å². The highest BCUT2D eigenvalue weighted by Gasteiger charge is 2.31. The van der Waals surface area contributed by atoms with E-state index in [0.717, 1.165) is 56.1 Å². The van der Waals surface area contributed by atoms with Crippen LogP contribution in [0.25, 0.3) is 0 Å². The zero-order valence-corrected chi connectivity index (χ0v) is 21.2. The van der Waals surface area contributed by atoms with E-state index in [4.69, 9.17) is 4.98 Å².